The minimum Gasteiger partial charge on any atom is -0.272 e. The topological polar surface area (TPSA) is 115 Å². The molecule has 0 bridgehead atoms. The molecular formula is C23H17ClN6O3S. The van der Waals surface area contributed by atoms with Gasteiger partial charge in [-0.1, -0.05) is 53.7 Å². The number of para-hydroxylation sites is 1. The predicted octanol–water partition coefficient (Wildman–Crippen LogP) is 4.74. The fourth-order valence-electron chi connectivity index (χ4n) is 3.02. The van der Waals surface area contributed by atoms with Crippen LogP contribution in [-0.2, 0) is 4.79 Å². The Balaban J connectivity index is 1.47. The average Bonchev–Trinajstić information content (AvgIpc) is 3.28. The number of carbonyl (C=O) groups is 1. The van der Waals surface area contributed by atoms with E-state index in [1.165, 1.54) is 30.1 Å². The van der Waals surface area contributed by atoms with Crippen LogP contribution in [0, 0.1) is 10.1 Å². The molecule has 0 aliphatic heterocycles. The third kappa shape index (κ3) is 5.66. The second-order valence-electron chi connectivity index (χ2n) is 6.92. The summed E-state index contributed by atoms with van der Waals surface area (Å²) in [6, 6.07) is 22.8. The maximum atomic E-state index is 12.3. The maximum absolute atomic E-state index is 12.3. The number of halogens is 1. The Bertz CT molecular complexity index is 1340. The summed E-state index contributed by atoms with van der Waals surface area (Å²) in [5.41, 5.74) is 4.55. The zero-order chi connectivity index (χ0) is 23.9. The van der Waals surface area contributed by atoms with Gasteiger partial charge in [-0.15, -0.1) is 10.2 Å². The van der Waals surface area contributed by atoms with Crippen LogP contribution in [0.15, 0.2) is 89.1 Å². The smallest absolute Gasteiger partial charge is 0.270 e. The van der Waals surface area contributed by atoms with Crippen molar-refractivity contribution < 1.29 is 9.72 Å². The fraction of sp³-hybridized carbons (Fsp3) is 0.0435. The van der Waals surface area contributed by atoms with Crippen molar-refractivity contribution in [3.05, 3.63) is 99.6 Å². The zero-order valence-corrected chi connectivity index (χ0v) is 19.1. The third-order valence-electron chi connectivity index (χ3n) is 4.57. The Morgan fingerprint density at radius 1 is 1.09 bits per heavy atom. The molecule has 0 fully saturated rings. The van der Waals surface area contributed by atoms with Crippen LogP contribution in [0.3, 0.4) is 0 Å². The molecule has 1 amide bonds. The Morgan fingerprint density at radius 3 is 2.59 bits per heavy atom. The van der Waals surface area contributed by atoms with Crippen molar-refractivity contribution in [1.29, 1.82) is 0 Å². The Hall–Kier alpha value is -4.02. The van der Waals surface area contributed by atoms with Gasteiger partial charge in [-0.2, -0.15) is 5.10 Å². The number of nitrogens with zero attached hydrogens (tertiary/aromatic N) is 5. The summed E-state index contributed by atoms with van der Waals surface area (Å²) >= 11 is 7.22. The van der Waals surface area contributed by atoms with Crippen LogP contribution >= 0.6 is 23.4 Å². The van der Waals surface area contributed by atoms with E-state index < -0.39 is 4.92 Å². The van der Waals surface area contributed by atoms with Gasteiger partial charge >= 0.3 is 0 Å². The molecular weight excluding hydrogens is 476 g/mol. The van der Waals surface area contributed by atoms with E-state index in [1.54, 1.807) is 24.3 Å². The molecule has 0 saturated heterocycles. The number of amides is 1. The molecule has 0 spiro atoms. The van der Waals surface area contributed by atoms with Gasteiger partial charge in [0.2, 0.25) is 0 Å². The first-order chi connectivity index (χ1) is 16.5. The summed E-state index contributed by atoms with van der Waals surface area (Å²) < 4.78 is 1.87. The number of hydrogen-bond donors (Lipinski definition) is 1. The largest absolute Gasteiger partial charge is 0.272 e. The Kier molecular flexibility index (Phi) is 7.31. The van der Waals surface area contributed by atoms with Crippen LogP contribution in [0.5, 0.6) is 0 Å². The summed E-state index contributed by atoms with van der Waals surface area (Å²) in [6.45, 7) is 0. The number of thioether (sulfide) groups is 1. The molecule has 0 aliphatic carbocycles. The molecule has 9 nitrogen and oxygen atoms in total. The van der Waals surface area contributed by atoms with E-state index in [0.717, 1.165) is 11.3 Å². The van der Waals surface area contributed by atoms with Crippen molar-refractivity contribution in [2.45, 2.75) is 5.16 Å². The monoisotopic (exact) mass is 492 g/mol. The first kappa shape index (κ1) is 23.1. The zero-order valence-electron chi connectivity index (χ0n) is 17.5. The summed E-state index contributed by atoms with van der Waals surface area (Å²) in [5.74, 6) is 0.300. The van der Waals surface area contributed by atoms with E-state index >= 15 is 0 Å². The third-order valence-corrected chi connectivity index (χ3v) is 5.75. The number of rotatable bonds is 8. The lowest BCUT2D eigenvalue weighted by molar-refractivity contribution is -0.384. The molecule has 0 unspecified atom stereocenters. The number of hydrazone groups is 1. The highest BCUT2D eigenvalue weighted by Crippen LogP contribution is 2.28. The summed E-state index contributed by atoms with van der Waals surface area (Å²) in [6.07, 6.45) is 1.35. The van der Waals surface area contributed by atoms with E-state index in [9.17, 15) is 14.9 Å². The van der Waals surface area contributed by atoms with Gasteiger partial charge in [0, 0.05) is 34.0 Å². The standard InChI is InChI=1S/C23H17ClN6O3S/c24-18-11-9-17(10-12-18)22-27-28-23(29(22)19-6-2-1-3-7-19)34-15-21(31)26-25-14-16-5-4-8-20(13-16)30(32)33/h1-14H,15H2,(H,26,31)/b25-14-. The van der Waals surface area contributed by atoms with Crippen molar-refractivity contribution in [1.82, 2.24) is 20.2 Å². The van der Waals surface area contributed by atoms with Crippen molar-refractivity contribution >= 4 is 41.2 Å². The highest BCUT2D eigenvalue weighted by molar-refractivity contribution is 7.99. The summed E-state index contributed by atoms with van der Waals surface area (Å²) in [5, 5.41) is 24.5. The number of nitro benzene ring substituents is 1. The van der Waals surface area contributed by atoms with Crippen LogP contribution in [0.1, 0.15) is 5.56 Å². The minimum absolute atomic E-state index is 0.0395. The van der Waals surface area contributed by atoms with Crippen LogP contribution < -0.4 is 5.43 Å². The number of benzene rings is 3. The molecule has 0 saturated carbocycles. The predicted molar refractivity (Wildman–Crippen MR) is 131 cm³/mol. The van der Waals surface area contributed by atoms with Gasteiger partial charge in [-0.25, -0.2) is 5.43 Å². The number of nitrogens with one attached hydrogen (secondary N) is 1. The van der Waals surface area contributed by atoms with E-state index in [1.807, 2.05) is 47.0 Å². The lowest BCUT2D eigenvalue weighted by Crippen LogP contribution is -2.20. The number of carbonyl (C=O) groups excluding carboxylic acids is 1. The van der Waals surface area contributed by atoms with E-state index in [4.69, 9.17) is 11.6 Å². The lowest BCUT2D eigenvalue weighted by Gasteiger charge is -2.10. The first-order valence-electron chi connectivity index (χ1n) is 9.97. The molecule has 0 radical (unpaired) electrons. The van der Waals surface area contributed by atoms with E-state index in [0.29, 0.717) is 21.6 Å². The quantitative estimate of drug-likeness (QED) is 0.164. The Labute approximate surface area is 203 Å². The van der Waals surface area contributed by atoms with Gasteiger partial charge in [0.05, 0.1) is 16.9 Å². The van der Waals surface area contributed by atoms with Crippen molar-refractivity contribution in [2.24, 2.45) is 5.10 Å². The van der Waals surface area contributed by atoms with Gasteiger partial charge in [0.1, 0.15) is 0 Å². The molecule has 0 aliphatic rings. The van der Waals surface area contributed by atoms with Gasteiger partial charge in [-0.05, 0) is 36.4 Å². The molecule has 1 aromatic heterocycles. The SMILES string of the molecule is O=C(CSc1nnc(-c2ccc(Cl)cc2)n1-c1ccccc1)N/N=C\c1cccc([N+](=O)[O-])c1. The minimum atomic E-state index is -0.492. The lowest BCUT2D eigenvalue weighted by atomic mass is 10.2. The van der Waals surface area contributed by atoms with Crippen molar-refractivity contribution in [2.75, 3.05) is 5.75 Å². The molecule has 4 aromatic rings. The molecule has 1 N–H and O–H groups in total. The van der Waals surface area contributed by atoms with Gasteiger partial charge in [0.25, 0.3) is 11.6 Å². The number of nitro groups is 1. The van der Waals surface area contributed by atoms with E-state index in [-0.39, 0.29) is 17.3 Å². The molecule has 0 atom stereocenters. The molecule has 34 heavy (non-hydrogen) atoms. The van der Waals surface area contributed by atoms with Crippen LogP contribution in [-0.4, -0.2) is 37.6 Å². The maximum Gasteiger partial charge on any atom is 0.270 e. The highest BCUT2D eigenvalue weighted by Gasteiger charge is 2.17. The average molecular weight is 493 g/mol. The van der Waals surface area contributed by atoms with Crippen LogP contribution in [0.4, 0.5) is 5.69 Å². The number of hydrogen-bond acceptors (Lipinski definition) is 7. The summed E-state index contributed by atoms with van der Waals surface area (Å²) in [7, 11) is 0. The summed E-state index contributed by atoms with van der Waals surface area (Å²) in [4.78, 5) is 22.7. The molecule has 1 heterocycles. The fourth-order valence-corrected chi connectivity index (χ4v) is 3.89. The van der Waals surface area contributed by atoms with Crippen LogP contribution in [0.25, 0.3) is 17.1 Å². The van der Waals surface area contributed by atoms with Gasteiger partial charge in [0.15, 0.2) is 11.0 Å². The number of aromatic nitrogens is 3. The molecule has 3 aromatic carbocycles. The van der Waals surface area contributed by atoms with Gasteiger partial charge in [-0.3, -0.25) is 19.5 Å². The normalized spacial score (nSPS) is 11.0. The van der Waals surface area contributed by atoms with E-state index in [2.05, 4.69) is 20.7 Å². The Morgan fingerprint density at radius 2 is 1.85 bits per heavy atom. The molecule has 11 heteroatoms. The van der Waals surface area contributed by atoms with Crippen molar-refractivity contribution in [3.8, 4) is 17.1 Å². The highest BCUT2D eigenvalue weighted by atomic mass is 35.5. The van der Waals surface area contributed by atoms with Gasteiger partial charge < -0.3 is 0 Å². The molecule has 170 valence electrons. The first-order valence-corrected chi connectivity index (χ1v) is 11.3. The molecule has 4 rings (SSSR count). The second kappa shape index (κ2) is 10.7. The van der Waals surface area contributed by atoms with Crippen LogP contribution in [0.2, 0.25) is 5.02 Å². The van der Waals surface area contributed by atoms with Crippen molar-refractivity contribution in [3.63, 3.8) is 0 Å². The second-order valence-corrected chi connectivity index (χ2v) is 8.30. The number of non-ortho nitro benzene ring substituents is 1.